The van der Waals surface area contributed by atoms with Gasteiger partial charge in [0.05, 0.1) is 6.61 Å². The SMILES string of the molecule is OCc1ccc(CNc2ccnc(Cl)c2)cc1. The van der Waals surface area contributed by atoms with Gasteiger partial charge in [0, 0.05) is 18.4 Å². The summed E-state index contributed by atoms with van der Waals surface area (Å²) in [5.74, 6) is 0. The van der Waals surface area contributed by atoms with Gasteiger partial charge in [-0.1, -0.05) is 35.9 Å². The van der Waals surface area contributed by atoms with Gasteiger partial charge in [0.25, 0.3) is 0 Å². The average Bonchev–Trinajstić information content (AvgIpc) is 2.37. The van der Waals surface area contributed by atoms with Crippen LogP contribution in [0.1, 0.15) is 11.1 Å². The summed E-state index contributed by atoms with van der Waals surface area (Å²) in [6.45, 7) is 0.791. The molecule has 0 fully saturated rings. The van der Waals surface area contributed by atoms with Crippen molar-refractivity contribution in [1.29, 1.82) is 0 Å². The first-order valence-electron chi connectivity index (χ1n) is 5.32. The minimum Gasteiger partial charge on any atom is -0.392 e. The summed E-state index contributed by atoms with van der Waals surface area (Å²) < 4.78 is 0. The molecular formula is C13H13ClN2O. The predicted molar refractivity (Wildman–Crippen MR) is 68.9 cm³/mol. The molecule has 0 atom stereocenters. The van der Waals surface area contributed by atoms with Gasteiger partial charge in [0.2, 0.25) is 0 Å². The van der Waals surface area contributed by atoms with Crippen LogP contribution in [0.5, 0.6) is 0 Å². The molecule has 1 heterocycles. The van der Waals surface area contributed by atoms with E-state index in [0.29, 0.717) is 11.7 Å². The van der Waals surface area contributed by atoms with Crippen LogP contribution < -0.4 is 5.32 Å². The second-order valence-corrected chi connectivity index (χ2v) is 4.08. The van der Waals surface area contributed by atoms with Gasteiger partial charge in [0.1, 0.15) is 5.15 Å². The van der Waals surface area contributed by atoms with Crippen molar-refractivity contribution in [3.63, 3.8) is 0 Å². The maximum Gasteiger partial charge on any atom is 0.131 e. The second-order valence-electron chi connectivity index (χ2n) is 3.70. The van der Waals surface area contributed by atoms with Crippen LogP contribution in [0.3, 0.4) is 0 Å². The van der Waals surface area contributed by atoms with Gasteiger partial charge in [-0.15, -0.1) is 0 Å². The molecule has 2 rings (SSSR count). The van der Waals surface area contributed by atoms with E-state index < -0.39 is 0 Å². The quantitative estimate of drug-likeness (QED) is 0.818. The second kappa shape index (κ2) is 5.66. The predicted octanol–water partition coefficient (Wildman–Crippen LogP) is 2.84. The molecule has 0 bridgehead atoms. The number of nitrogens with one attached hydrogen (secondary N) is 1. The summed E-state index contributed by atoms with van der Waals surface area (Å²) in [5.41, 5.74) is 3.01. The molecular weight excluding hydrogens is 236 g/mol. The normalized spacial score (nSPS) is 10.2. The number of benzene rings is 1. The summed E-state index contributed by atoms with van der Waals surface area (Å²) in [6.07, 6.45) is 1.67. The third-order valence-electron chi connectivity index (χ3n) is 2.43. The Hall–Kier alpha value is -1.58. The Morgan fingerprint density at radius 3 is 2.47 bits per heavy atom. The molecule has 0 aliphatic carbocycles. The maximum absolute atomic E-state index is 8.93. The van der Waals surface area contributed by atoms with E-state index in [1.165, 1.54) is 0 Å². The van der Waals surface area contributed by atoms with E-state index in [1.54, 1.807) is 12.3 Å². The van der Waals surface area contributed by atoms with Gasteiger partial charge in [-0.2, -0.15) is 0 Å². The Bertz CT molecular complexity index is 485. The molecule has 1 aromatic heterocycles. The third kappa shape index (κ3) is 3.44. The van der Waals surface area contributed by atoms with Crippen molar-refractivity contribution in [2.24, 2.45) is 0 Å². The van der Waals surface area contributed by atoms with Crippen LogP contribution in [0.4, 0.5) is 5.69 Å². The highest BCUT2D eigenvalue weighted by molar-refractivity contribution is 6.29. The number of rotatable bonds is 4. The number of nitrogens with zero attached hydrogens (tertiary/aromatic N) is 1. The fourth-order valence-electron chi connectivity index (χ4n) is 1.48. The highest BCUT2D eigenvalue weighted by atomic mass is 35.5. The number of aliphatic hydroxyl groups is 1. The van der Waals surface area contributed by atoms with E-state index >= 15 is 0 Å². The fourth-order valence-corrected chi connectivity index (χ4v) is 1.65. The first kappa shape index (κ1) is 11.9. The van der Waals surface area contributed by atoms with E-state index in [1.807, 2.05) is 30.3 Å². The molecule has 4 heteroatoms. The van der Waals surface area contributed by atoms with Crippen molar-refractivity contribution in [3.8, 4) is 0 Å². The van der Waals surface area contributed by atoms with E-state index in [9.17, 15) is 0 Å². The molecule has 3 nitrogen and oxygen atoms in total. The largest absolute Gasteiger partial charge is 0.392 e. The van der Waals surface area contributed by atoms with Gasteiger partial charge in [-0.05, 0) is 23.3 Å². The van der Waals surface area contributed by atoms with Gasteiger partial charge in [-0.3, -0.25) is 0 Å². The minimum atomic E-state index is 0.0771. The number of pyridine rings is 1. The molecule has 0 aliphatic heterocycles. The lowest BCUT2D eigenvalue weighted by atomic mass is 10.1. The zero-order valence-electron chi connectivity index (χ0n) is 9.23. The lowest BCUT2D eigenvalue weighted by Gasteiger charge is -2.07. The summed E-state index contributed by atoms with van der Waals surface area (Å²) in [7, 11) is 0. The minimum absolute atomic E-state index is 0.0771. The molecule has 0 spiro atoms. The molecule has 0 unspecified atom stereocenters. The number of aromatic nitrogens is 1. The number of hydrogen-bond donors (Lipinski definition) is 2. The third-order valence-corrected chi connectivity index (χ3v) is 2.64. The van der Waals surface area contributed by atoms with Crippen LogP contribution in [0.25, 0.3) is 0 Å². The van der Waals surface area contributed by atoms with Crippen molar-refractivity contribution in [3.05, 3.63) is 58.9 Å². The van der Waals surface area contributed by atoms with Crippen LogP contribution in [0.2, 0.25) is 5.15 Å². The van der Waals surface area contributed by atoms with Crippen LogP contribution in [0.15, 0.2) is 42.6 Å². The number of anilines is 1. The molecule has 17 heavy (non-hydrogen) atoms. The molecule has 0 radical (unpaired) electrons. The molecule has 0 saturated carbocycles. The Kier molecular flexibility index (Phi) is 3.96. The first-order chi connectivity index (χ1) is 8.28. The van der Waals surface area contributed by atoms with E-state index in [-0.39, 0.29) is 6.61 Å². The van der Waals surface area contributed by atoms with Gasteiger partial charge in [-0.25, -0.2) is 4.98 Å². The first-order valence-corrected chi connectivity index (χ1v) is 5.70. The number of halogens is 1. The average molecular weight is 249 g/mol. The van der Waals surface area contributed by atoms with Crippen molar-refractivity contribution >= 4 is 17.3 Å². The summed E-state index contributed by atoms with van der Waals surface area (Å²) in [4.78, 5) is 3.92. The van der Waals surface area contributed by atoms with Gasteiger partial charge < -0.3 is 10.4 Å². The van der Waals surface area contributed by atoms with Gasteiger partial charge >= 0.3 is 0 Å². The van der Waals surface area contributed by atoms with E-state index in [0.717, 1.165) is 16.8 Å². The molecule has 88 valence electrons. The summed E-state index contributed by atoms with van der Waals surface area (Å²) >= 11 is 5.79. The molecule has 2 N–H and O–H groups in total. The molecule has 2 aromatic rings. The monoisotopic (exact) mass is 248 g/mol. The lowest BCUT2D eigenvalue weighted by Crippen LogP contribution is -1.99. The number of hydrogen-bond acceptors (Lipinski definition) is 3. The fraction of sp³-hybridized carbons (Fsp3) is 0.154. The van der Waals surface area contributed by atoms with Crippen molar-refractivity contribution in [1.82, 2.24) is 4.98 Å². The highest BCUT2D eigenvalue weighted by Gasteiger charge is 1.96. The van der Waals surface area contributed by atoms with Crippen molar-refractivity contribution < 1.29 is 5.11 Å². The summed E-state index contributed by atoms with van der Waals surface area (Å²) in [6, 6.07) is 11.5. The Balaban J connectivity index is 1.97. The Labute approximate surface area is 105 Å². The molecule has 0 amide bonds. The van der Waals surface area contributed by atoms with Crippen LogP contribution in [-0.2, 0) is 13.2 Å². The number of aliphatic hydroxyl groups excluding tert-OH is 1. The molecule has 0 saturated heterocycles. The molecule has 0 aliphatic rings. The van der Waals surface area contributed by atoms with Gasteiger partial charge in [0.15, 0.2) is 0 Å². The summed E-state index contributed by atoms with van der Waals surface area (Å²) in [5, 5.41) is 12.7. The zero-order chi connectivity index (χ0) is 12.1. The zero-order valence-corrected chi connectivity index (χ0v) is 9.98. The van der Waals surface area contributed by atoms with Crippen LogP contribution in [0, 0.1) is 0 Å². The Morgan fingerprint density at radius 1 is 1.12 bits per heavy atom. The molecule has 1 aromatic carbocycles. The highest BCUT2D eigenvalue weighted by Crippen LogP contribution is 2.13. The van der Waals surface area contributed by atoms with E-state index in [4.69, 9.17) is 16.7 Å². The lowest BCUT2D eigenvalue weighted by molar-refractivity contribution is 0.282. The van der Waals surface area contributed by atoms with Crippen molar-refractivity contribution in [2.45, 2.75) is 13.2 Å². The van der Waals surface area contributed by atoms with Crippen LogP contribution in [-0.4, -0.2) is 10.1 Å². The van der Waals surface area contributed by atoms with Crippen LogP contribution >= 0.6 is 11.6 Å². The standard InChI is InChI=1S/C13H13ClN2O/c14-13-7-12(5-6-15-13)16-8-10-1-3-11(9-17)4-2-10/h1-7,17H,8-9H2,(H,15,16). The smallest absolute Gasteiger partial charge is 0.131 e. The maximum atomic E-state index is 8.93. The van der Waals surface area contributed by atoms with E-state index in [2.05, 4.69) is 10.3 Å². The van der Waals surface area contributed by atoms with Crippen molar-refractivity contribution in [2.75, 3.05) is 5.32 Å². The Morgan fingerprint density at radius 2 is 1.82 bits per heavy atom. The topological polar surface area (TPSA) is 45.1 Å².